The van der Waals surface area contributed by atoms with Crippen LogP contribution in [-0.2, 0) is 23.9 Å². The molecule has 2 bridgehead atoms. The van der Waals surface area contributed by atoms with Gasteiger partial charge in [0.2, 0.25) is 11.8 Å². The van der Waals surface area contributed by atoms with Gasteiger partial charge in [-0.05, 0) is 30.4 Å². The largest absolute Gasteiger partial charge is 0.497 e. The van der Waals surface area contributed by atoms with Gasteiger partial charge in [0, 0.05) is 15.7 Å². The average Bonchev–Trinajstić information content (AvgIpc) is 3.39. The number of methoxy groups -OCH3 is 2. The zero-order valence-electron chi connectivity index (χ0n) is 17.4. The zero-order valence-corrected chi connectivity index (χ0v) is 20.6. The molecule has 2 saturated carbocycles. The zero-order chi connectivity index (χ0) is 23.2. The molecule has 0 unspecified atom stereocenters. The summed E-state index contributed by atoms with van der Waals surface area (Å²) in [5.41, 5.74) is 0.385. The van der Waals surface area contributed by atoms with Crippen LogP contribution in [0.5, 0.6) is 11.5 Å². The van der Waals surface area contributed by atoms with Crippen molar-refractivity contribution in [1.29, 1.82) is 0 Å². The molecule has 3 amide bonds. The van der Waals surface area contributed by atoms with Crippen LogP contribution >= 0.6 is 31.9 Å². The minimum atomic E-state index is -0.818. The summed E-state index contributed by atoms with van der Waals surface area (Å²) < 4.78 is 15.3. The summed E-state index contributed by atoms with van der Waals surface area (Å²) in [5.74, 6) is -1.79. The number of hydrogen-bond acceptors (Lipinski definition) is 7. The number of nitrogens with zero attached hydrogens (tertiary/aromatic N) is 1. The number of imide groups is 1. The number of carbonyl (C=O) groups is 4. The van der Waals surface area contributed by atoms with Crippen molar-refractivity contribution in [3.63, 3.8) is 0 Å². The number of rotatable bonds is 7. The number of carbonyl (C=O) groups excluding carboxylic acids is 4. The third kappa shape index (κ3) is 3.89. The Kier molecular flexibility index (Phi) is 6.49. The Labute approximate surface area is 201 Å². The number of likely N-dealkylation sites (tertiary alicyclic amines) is 1. The van der Waals surface area contributed by atoms with E-state index in [1.54, 1.807) is 18.2 Å². The van der Waals surface area contributed by atoms with Gasteiger partial charge in [0.25, 0.3) is 5.91 Å². The molecule has 1 N–H and O–H groups in total. The number of ether oxygens (including phenoxy) is 3. The lowest BCUT2D eigenvalue weighted by Gasteiger charge is -2.28. The first-order valence-electron chi connectivity index (χ1n) is 10.1. The molecule has 1 aliphatic heterocycles. The van der Waals surface area contributed by atoms with Crippen LogP contribution < -0.4 is 14.8 Å². The van der Waals surface area contributed by atoms with Gasteiger partial charge in [-0.1, -0.05) is 31.9 Å². The van der Waals surface area contributed by atoms with Crippen molar-refractivity contribution in [3.05, 3.63) is 18.2 Å². The van der Waals surface area contributed by atoms with Crippen molar-refractivity contribution in [1.82, 2.24) is 4.90 Å². The third-order valence-corrected chi connectivity index (χ3v) is 9.62. The highest BCUT2D eigenvalue weighted by molar-refractivity contribution is 9.12. The molecule has 172 valence electrons. The maximum absolute atomic E-state index is 12.8. The molecule has 0 spiro atoms. The summed E-state index contributed by atoms with van der Waals surface area (Å²) in [4.78, 5) is 51.4. The van der Waals surface area contributed by atoms with Crippen molar-refractivity contribution in [2.45, 2.75) is 16.1 Å². The predicted octanol–water partition coefficient (Wildman–Crippen LogP) is 1.96. The van der Waals surface area contributed by atoms with E-state index in [-0.39, 0.29) is 33.3 Å². The van der Waals surface area contributed by atoms with Gasteiger partial charge >= 0.3 is 5.97 Å². The molecule has 1 heterocycles. The van der Waals surface area contributed by atoms with E-state index in [0.717, 1.165) is 11.3 Å². The van der Waals surface area contributed by atoms with Crippen molar-refractivity contribution in [3.8, 4) is 11.5 Å². The Hall–Kier alpha value is -2.14. The second-order valence-electron chi connectivity index (χ2n) is 8.04. The number of esters is 1. The SMILES string of the molecule is COc1ccc(NC(=O)COC(=O)CN2C(=O)[C@@H]3[C@H]4C[C@@H]([C@H](Br)[C@H]4Br)[C@@H]3C2=O)c(OC)c1. The normalized spacial score (nSPS) is 30.3. The second kappa shape index (κ2) is 9.01. The Morgan fingerprint density at radius 3 is 2.25 bits per heavy atom. The van der Waals surface area contributed by atoms with Gasteiger partial charge < -0.3 is 19.5 Å². The molecular formula is C21H22Br2N2O7. The summed E-state index contributed by atoms with van der Waals surface area (Å²) in [6.07, 6.45) is 0.811. The minimum Gasteiger partial charge on any atom is -0.497 e. The van der Waals surface area contributed by atoms with E-state index in [0.29, 0.717) is 17.2 Å². The van der Waals surface area contributed by atoms with Gasteiger partial charge in [-0.2, -0.15) is 0 Å². The number of halogens is 2. The van der Waals surface area contributed by atoms with Crippen LogP contribution in [-0.4, -0.2) is 65.6 Å². The maximum Gasteiger partial charge on any atom is 0.326 e. The van der Waals surface area contributed by atoms with Gasteiger partial charge in [0.15, 0.2) is 6.61 Å². The quantitative estimate of drug-likeness (QED) is 0.301. The smallest absolute Gasteiger partial charge is 0.326 e. The van der Waals surface area contributed by atoms with Crippen molar-refractivity contribution in [2.75, 3.05) is 32.7 Å². The van der Waals surface area contributed by atoms with E-state index in [1.165, 1.54) is 14.2 Å². The van der Waals surface area contributed by atoms with E-state index in [9.17, 15) is 19.2 Å². The standard InChI is InChI=1S/C21H22Br2N2O7/c1-30-9-3-4-12(13(5-9)31-2)24-14(26)8-32-15(27)7-25-20(28)16-10-6-11(17(16)21(25)29)19(23)18(10)22/h3-5,10-11,16-19H,6-8H2,1-2H3,(H,24,26)/t10-,11-,16-,17+,18+,19+/m1/s1. The Morgan fingerprint density at radius 1 is 1.06 bits per heavy atom. The second-order valence-corrected chi connectivity index (χ2v) is 10.2. The molecule has 4 rings (SSSR count). The summed E-state index contributed by atoms with van der Waals surface area (Å²) in [5, 5.41) is 2.59. The molecule has 2 aliphatic carbocycles. The fraction of sp³-hybridized carbons (Fsp3) is 0.524. The summed E-state index contributed by atoms with van der Waals surface area (Å²) in [6.45, 7) is -1.06. The third-order valence-electron chi connectivity index (χ3n) is 6.41. The van der Waals surface area contributed by atoms with E-state index < -0.39 is 36.9 Å². The number of anilines is 1. The van der Waals surface area contributed by atoms with Crippen LogP contribution in [0.25, 0.3) is 0 Å². The van der Waals surface area contributed by atoms with Gasteiger partial charge in [-0.25, -0.2) is 0 Å². The number of amides is 3. The van der Waals surface area contributed by atoms with E-state index >= 15 is 0 Å². The number of alkyl halides is 2. The van der Waals surface area contributed by atoms with E-state index in [4.69, 9.17) is 14.2 Å². The van der Waals surface area contributed by atoms with Crippen LogP contribution in [0.4, 0.5) is 5.69 Å². The first-order chi connectivity index (χ1) is 15.3. The van der Waals surface area contributed by atoms with Gasteiger partial charge in [-0.3, -0.25) is 24.1 Å². The van der Waals surface area contributed by atoms with Crippen LogP contribution in [0.1, 0.15) is 6.42 Å². The first kappa shape index (κ1) is 23.0. The molecular weight excluding hydrogens is 552 g/mol. The van der Waals surface area contributed by atoms with Crippen molar-refractivity contribution >= 4 is 61.2 Å². The topological polar surface area (TPSA) is 111 Å². The lowest BCUT2D eigenvalue weighted by molar-refractivity contribution is -0.154. The fourth-order valence-corrected chi connectivity index (χ4v) is 6.85. The number of hydrogen-bond donors (Lipinski definition) is 1. The molecule has 0 radical (unpaired) electrons. The average molecular weight is 574 g/mol. The maximum atomic E-state index is 12.8. The summed E-state index contributed by atoms with van der Waals surface area (Å²) in [6, 6.07) is 4.85. The molecule has 3 aliphatic rings. The Bertz CT molecular complexity index is 939. The highest BCUT2D eigenvalue weighted by Crippen LogP contribution is 2.60. The fourth-order valence-electron chi connectivity index (χ4n) is 4.98. The Balaban J connectivity index is 1.32. The monoisotopic (exact) mass is 572 g/mol. The number of fused-ring (bicyclic) bond motifs is 5. The summed E-state index contributed by atoms with van der Waals surface area (Å²) in [7, 11) is 2.96. The van der Waals surface area contributed by atoms with Crippen LogP contribution in [0.3, 0.4) is 0 Å². The highest BCUT2D eigenvalue weighted by atomic mass is 79.9. The van der Waals surface area contributed by atoms with Gasteiger partial charge in [0.05, 0.1) is 31.7 Å². The van der Waals surface area contributed by atoms with Crippen molar-refractivity contribution in [2.24, 2.45) is 23.7 Å². The molecule has 1 aromatic carbocycles. The van der Waals surface area contributed by atoms with E-state index in [1.807, 2.05) is 0 Å². The minimum absolute atomic E-state index is 0.0668. The molecule has 11 heteroatoms. The lowest BCUT2D eigenvalue weighted by Crippen LogP contribution is -2.38. The van der Waals surface area contributed by atoms with Crippen LogP contribution in [0.15, 0.2) is 18.2 Å². The first-order valence-corrected chi connectivity index (χ1v) is 11.9. The van der Waals surface area contributed by atoms with Crippen LogP contribution in [0.2, 0.25) is 0 Å². The number of benzene rings is 1. The molecule has 1 aromatic rings. The van der Waals surface area contributed by atoms with Gasteiger partial charge in [-0.15, -0.1) is 0 Å². The highest BCUT2D eigenvalue weighted by Gasteiger charge is 2.66. The molecule has 0 aromatic heterocycles. The molecule has 9 nitrogen and oxygen atoms in total. The molecule has 6 atom stereocenters. The van der Waals surface area contributed by atoms with Gasteiger partial charge in [0.1, 0.15) is 18.0 Å². The molecule has 1 saturated heterocycles. The lowest BCUT2D eigenvalue weighted by atomic mass is 9.81. The van der Waals surface area contributed by atoms with E-state index in [2.05, 4.69) is 37.2 Å². The van der Waals surface area contributed by atoms with Crippen molar-refractivity contribution < 1.29 is 33.4 Å². The summed E-state index contributed by atoms with van der Waals surface area (Å²) >= 11 is 7.24. The molecule has 32 heavy (non-hydrogen) atoms. The molecule has 3 fully saturated rings. The van der Waals surface area contributed by atoms with Crippen LogP contribution in [0, 0.1) is 23.7 Å². The Morgan fingerprint density at radius 2 is 1.69 bits per heavy atom. The number of nitrogens with one attached hydrogen (secondary N) is 1. The predicted molar refractivity (Wildman–Crippen MR) is 120 cm³/mol.